The summed E-state index contributed by atoms with van der Waals surface area (Å²) in [6.07, 6.45) is 0.794. The van der Waals surface area contributed by atoms with E-state index in [1.165, 1.54) is 11.8 Å². The molecule has 1 aliphatic heterocycles. The lowest BCUT2D eigenvalue weighted by atomic mass is 10.1. The van der Waals surface area contributed by atoms with E-state index in [1.54, 1.807) is 23.4 Å². The Kier molecular flexibility index (Phi) is 6.62. The van der Waals surface area contributed by atoms with E-state index in [-0.39, 0.29) is 17.2 Å². The van der Waals surface area contributed by atoms with Gasteiger partial charge in [-0.3, -0.25) is 14.2 Å². The van der Waals surface area contributed by atoms with E-state index in [1.807, 2.05) is 32.0 Å². The molecule has 27 heavy (non-hydrogen) atoms. The summed E-state index contributed by atoms with van der Waals surface area (Å²) < 4.78 is 6.74. The molecule has 0 spiro atoms. The second-order valence-electron chi connectivity index (χ2n) is 6.30. The number of anilines is 1. The minimum absolute atomic E-state index is 0.0306. The highest BCUT2D eigenvalue weighted by atomic mass is 32.2. The number of aromatic nitrogens is 2. The highest BCUT2D eigenvalue weighted by molar-refractivity contribution is 8.00. The van der Waals surface area contributed by atoms with E-state index in [9.17, 15) is 9.59 Å². The van der Waals surface area contributed by atoms with Crippen LogP contribution in [-0.2, 0) is 22.5 Å². The van der Waals surface area contributed by atoms with Crippen LogP contribution in [0, 0.1) is 13.8 Å². The predicted molar refractivity (Wildman–Crippen MR) is 110 cm³/mol. The van der Waals surface area contributed by atoms with Gasteiger partial charge in [-0.25, -0.2) is 4.98 Å². The number of hydrogen-bond acceptors (Lipinski definition) is 6. The molecule has 0 saturated carbocycles. The number of thioether (sulfide) groups is 2. The Morgan fingerprint density at radius 1 is 1.41 bits per heavy atom. The minimum Gasteiger partial charge on any atom is -0.383 e. The van der Waals surface area contributed by atoms with Crippen LogP contribution < -0.4 is 10.9 Å². The number of nitrogens with one attached hydrogen (secondary N) is 1. The molecule has 1 aromatic heterocycles. The van der Waals surface area contributed by atoms with Crippen LogP contribution in [0.3, 0.4) is 0 Å². The zero-order valence-electron chi connectivity index (χ0n) is 15.7. The van der Waals surface area contributed by atoms with Gasteiger partial charge in [-0.05, 0) is 31.0 Å². The van der Waals surface area contributed by atoms with Crippen molar-refractivity contribution in [3.05, 3.63) is 45.4 Å². The molecule has 0 bridgehead atoms. The fraction of sp³-hybridized carbons (Fsp3) is 0.421. The van der Waals surface area contributed by atoms with Crippen molar-refractivity contribution in [1.29, 1.82) is 0 Å². The first-order valence-electron chi connectivity index (χ1n) is 8.75. The summed E-state index contributed by atoms with van der Waals surface area (Å²) >= 11 is 2.84. The van der Waals surface area contributed by atoms with Crippen molar-refractivity contribution in [2.24, 2.45) is 0 Å². The molecule has 1 amide bonds. The summed E-state index contributed by atoms with van der Waals surface area (Å²) in [5.74, 6) is 0.957. The molecule has 3 rings (SSSR count). The van der Waals surface area contributed by atoms with Crippen LogP contribution >= 0.6 is 23.5 Å². The van der Waals surface area contributed by atoms with Gasteiger partial charge >= 0.3 is 0 Å². The Balaban J connectivity index is 1.75. The maximum atomic E-state index is 12.7. The van der Waals surface area contributed by atoms with Crippen molar-refractivity contribution >= 4 is 35.1 Å². The number of methoxy groups -OCH3 is 1. The Morgan fingerprint density at radius 2 is 2.22 bits per heavy atom. The number of nitrogens with zero attached hydrogens (tertiary/aromatic N) is 2. The van der Waals surface area contributed by atoms with E-state index >= 15 is 0 Å². The number of carbonyl (C=O) groups is 1. The van der Waals surface area contributed by atoms with E-state index in [4.69, 9.17) is 4.74 Å². The number of amides is 1. The molecule has 1 aromatic carbocycles. The second kappa shape index (κ2) is 8.95. The first-order chi connectivity index (χ1) is 13.0. The molecule has 1 aliphatic rings. The Morgan fingerprint density at radius 3 is 3.00 bits per heavy atom. The maximum Gasteiger partial charge on any atom is 0.268 e. The lowest BCUT2D eigenvalue weighted by Crippen LogP contribution is -2.27. The first-order valence-corrected chi connectivity index (χ1v) is 10.7. The third kappa shape index (κ3) is 4.56. The summed E-state index contributed by atoms with van der Waals surface area (Å²) in [5.41, 5.74) is 3.82. The SMILES string of the molecule is COCCn1c(SCC(=O)Nc2cccc(C)c2C)nc2c(c1=O)SCC2. The molecule has 0 atom stereocenters. The van der Waals surface area contributed by atoms with E-state index in [2.05, 4.69) is 10.3 Å². The zero-order chi connectivity index (χ0) is 19.4. The average molecular weight is 406 g/mol. The Bertz CT molecular complexity index is 912. The summed E-state index contributed by atoms with van der Waals surface area (Å²) in [5, 5.41) is 3.53. The molecule has 2 heterocycles. The number of ether oxygens (including phenoxy) is 1. The number of aryl methyl sites for hydroxylation is 2. The standard InChI is InChI=1S/C19H23N3O3S2/c1-12-5-4-6-14(13(12)2)20-16(23)11-27-19-21-15-7-10-26-17(15)18(24)22(19)8-9-25-3/h4-6H,7-11H2,1-3H3,(H,20,23). The van der Waals surface area contributed by atoms with E-state index in [0.717, 1.165) is 39.6 Å². The lowest BCUT2D eigenvalue weighted by Gasteiger charge is -2.14. The summed E-state index contributed by atoms with van der Waals surface area (Å²) in [6, 6.07) is 5.83. The molecule has 1 N–H and O–H groups in total. The van der Waals surface area contributed by atoms with Gasteiger partial charge in [0.1, 0.15) is 0 Å². The minimum atomic E-state index is -0.115. The van der Waals surface area contributed by atoms with Crippen molar-refractivity contribution in [2.45, 2.75) is 36.9 Å². The van der Waals surface area contributed by atoms with Gasteiger partial charge in [-0.2, -0.15) is 0 Å². The van der Waals surface area contributed by atoms with Crippen LogP contribution in [-0.4, -0.2) is 40.7 Å². The Hall–Kier alpha value is -1.77. The number of benzene rings is 1. The van der Waals surface area contributed by atoms with Gasteiger partial charge in [0, 0.05) is 25.0 Å². The van der Waals surface area contributed by atoms with Crippen LogP contribution in [0.4, 0.5) is 5.69 Å². The van der Waals surface area contributed by atoms with Gasteiger partial charge < -0.3 is 10.1 Å². The summed E-state index contributed by atoms with van der Waals surface area (Å²) in [6.45, 7) is 4.85. The quantitative estimate of drug-likeness (QED) is 0.564. The molecule has 0 aliphatic carbocycles. The van der Waals surface area contributed by atoms with Crippen LogP contribution in [0.25, 0.3) is 0 Å². The molecular weight excluding hydrogens is 382 g/mol. The summed E-state index contributed by atoms with van der Waals surface area (Å²) in [7, 11) is 1.60. The maximum absolute atomic E-state index is 12.7. The fourth-order valence-corrected chi connectivity index (χ4v) is 4.70. The van der Waals surface area contributed by atoms with Crippen LogP contribution in [0.5, 0.6) is 0 Å². The van der Waals surface area contributed by atoms with Crippen molar-refractivity contribution in [2.75, 3.05) is 30.5 Å². The van der Waals surface area contributed by atoms with Gasteiger partial charge in [-0.15, -0.1) is 11.8 Å². The van der Waals surface area contributed by atoms with Gasteiger partial charge in [0.05, 0.1) is 29.5 Å². The molecule has 0 fully saturated rings. The first kappa shape index (κ1) is 20.0. The van der Waals surface area contributed by atoms with Gasteiger partial charge in [0.25, 0.3) is 5.56 Å². The molecule has 2 aromatic rings. The summed E-state index contributed by atoms with van der Waals surface area (Å²) in [4.78, 5) is 30.5. The van der Waals surface area contributed by atoms with Crippen LogP contribution in [0.1, 0.15) is 16.8 Å². The smallest absolute Gasteiger partial charge is 0.268 e. The number of fused-ring (bicyclic) bond motifs is 1. The van der Waals surface area contributed by atoms with Crippen LogP contribution in [0.15, 0.2) is 33.0 Å². The largest absolute Gasteiger partial charge is 0.383 e. The third-order valence-electron chi connectivity index (χ3n) is 4.48. The van der Waals surface area contributed by atoms with Crippen LogP contribution in [0.2, 0.25) is 0 Å². The van der Waals surface area contributed by atoms with Crippen molar-refractivity contribution in [3.8, 4) is 0 Å². The normalized spacial score (nSPS) is 12.9. The molecule has 0 saturated heterocycles. The highest BCUT2D eigenvalue weighted by Crippen LogP contribution is 2.28. The molecular formula is C19H23N3O3S2. The fourth-order valence-electron chi connectivity index (χ4n) is 2.82. The van der Waals surface area contributed by atoms with E-state index in [0.29, 0.717) is 18.3 Å². The second-order valence-corrected chi connectivity index (χ2v) is 8.35. The molecule has 144 valence electrons. The van der Waals surface area contributed by atoms with Crippen molar-refractivity contribution in [1.82, 2.24) is 9.55 Å². The third-order valence-corrected chi connectivity index (χ3v) is 6.56. The lowest BCUT2D eigenvalue weighted by molar-refractivity contribution is -0.113. The number of hydrogen-bond donors (Lipinski definition) is 1. The van der Waals surface area contributed by atoms with E-state index < -0.39 is 0 Å². The predicted octanol–water partition coefficient (Wildman–Crippen LogP) is 2.89. The average Bonchev–Trinajstić information content (AvgIpc) is 3.12. The highest BCUT2D eigenvalue weighted by Gasteiger charge is 2.22. The number of carbonyl (C=O) groups excluding carboxylic acids is 1. The van der Waals surface area contributed by atoms with Crippen molar-refractivity contribution < 1.29 is 9.53 Å². The molecule has 8 heteroatoms. The van der Waals surface area contributed by atoms with Gasteiger partial charge in [0.2, 0.25) is 5.91 Å². The topological polar surface area (TPSA) is 73.2 Å². The molecule has 0 unspecified atom stereocenters. The Labute approximate surface area is 167 Å². The monoisotopic (exact) mass is 405 g/mol. The van der Waals surface area contributed by atoms with Gasteiger partial charge in [-0.1, -0.05) is 23.9 Å². The zero-order valence-corrected chi connectivity index (χ0v) is 17.3. The number of rotatable bonds is 7. The molecule has 6 nitrogen and oxygen atoms in total. The van der Waals surface area contributed by atoms with Crippen molar-refractivity contribution in [3.63, 3.8) is 0 Å². The molecule has 0 radical (unpaired) electrons. The van der Waals surface area contributed by atoms with Gasteiger partial charge in [0.15, 0.2) is 5.16 Å².